The molecule has 2 aromatic carbocycles. The van der Waals surface area contributed by atoms with Crippen LogP contribution in [0.4, 0.5) is 11.4 Å². The van der Waals surface area contributed by atoms with Crippen LogP contribution in [-0.4, -0.2) is 33.0 Å². The van der Waals surface area contributed by atoms with Gasteiger partial charge in [0.1, 0.15) is 6.54 Å². The first-order chi connectivity index (χ1) is 12.2. The second-order valence-electron chi connectivity index (χ2n) is 5.63. The van der Waals surface area contributed by atoms with E-state index in [1.807, 2.05) is 6.92 Å². The number of carbonyl (C=O) groups is 1. The van der Waals surface area contributed by atoms with Gasteiger partial charge in [-0.25, -0.2) is 8.42 Å². The Hall–Kier alpha value is -2.94. The van der Waals surface area contributed by atoms with E-state index in [4.69, 9.17) is 0 Å². The summed E-state index contributed by atoms with van der Waals surface area (Å²) in [6.45, 7) is 2.80. The molecule has 0 aliphatic heterocycles. The van der Waals surface area contributed by atoms with Crippen LogP contribution in [0.15, 0.2) is 47.4 Å². The molecular formula is C17H18N2O6S. The third-order valence-electron chi connectivity index (χ3n) is 3.79. The van der Waals surface area contributed by atoms with Crippen LogP contribution in [0, 0.1) is 24.0 Å². The van der Waals surface area contributed by atoms with Crippen molar-refractivity contribution in [1.29, 1.82) is 0 Å². The SMILES string of the molecule is COC(=O)CN(c1ccc(C)cc1)S(=O)(=O)c1ccc(C)c([N+](=O)[O-])c1. The standard InChI is InChI=1S/C17H18N2O6S/c1-12-4-7-14(8-5-12)18(11-17(20)25-3)26(23,24)15-9-6-13(2)16(10-15)19(21)22/h4-10H,11H2,1-3H3. The number of aryl methyl sites for hydroxylation is 2. The number of nitro benzene ring substituents is 1. The second kappa shape index (κ2) is 7.52. The van der Waals surface area contributed by atoms with E-state index in [0.717, 1.165) is 23.0 Å². The van der Waals surface area contributed by atoms with Crippen LogP contribution in [0.5, 0.6) is 0 Å². The van der Waals surface area contributed by atoms with Crippen LogP contribution >= 0.6 is 0 Å². The van der Waals surface area contributed by atoms with Gasteiger partial charge in [0.2, 0.25) is 0 Å². The lowest BCUT2D eigenvalue weighted by Gasteiger charge is -2.23. The van der Waals surface area contributed by atoms with Gasteiger partial charge in [0, 0.05) is 11.6 Å². The molecule has 9 heteroatoms. The molecule has 0 fully saturated rings. The molecule has 8 nitrogen and oxygen atoms in total. The number of anilines is 1. The topological polar surface area (TPSA) is 107 Å². The first-order valence-electron chi connectivity index (χ1n) is 7.58. The fourth-order valence-corrected chi connectivity index (χ4v) is 3.71. The van der Waals surface area contributed by atoms with Crippen molar-refractivity contribution in [3.63, 3.8) is 0 Å². The lowest BCUT2D eigenvalue weighted by atomic mass is 10.2. The number of carbonyl (C=O) groups excluding carboxylic acids is 1. The highest BCUT2D eigenvalue weighted by Gasteiger charge is 2.29. The zero-order chi connectivity index (χ0) is 19.5. The van der Waals surface area contributed by atoms with Gasteiger partial charge in [-0.2, -0.15) is 0 Å². The maximum atomic E-state index is 13.1. The van der Waals surface area contributed by atoms with E-state index in [9.17, 15) is 23.3 Å². The van der Waals surface area contributed by atoms with Crippen molar-refractivity contribution in [1.82, 2.24) is 0 Å². The summed E-state index contributed by atoms with van der Waals surface area (Å²) in [6, 6.07) is 10.1. The molecule has 2 aromatic rings. The van der Waals surface area contributed by atoms with Gasteiger partial charge >= 0.3 is 5.97 Å². The Kier molecular flexibility index (Phi) is 5.61. The minimum atomic E-state index is -4.22. The molecule has 0 aliphatic carbocycles. The van der Waals surface area contributed by atoms with Crippen molar-refractivity contribution in [2.45, 2.75) is 18.7 Å². The molecule has 26 heavy (non-hydrogen) atoms. The van der Waals surface area contributed by atoms with E-state index >= 15 is 0 Å². The molecule has 0 N–H and O–H groups in total. The lowest BCUT2D eigenvalue weighted by molar-refractivity contribution is -0.385. The van der Waals surface area contributed by atoms with Crippen molar-refractivity contribution >= 4 is 27.4 Å². The van der Waals surface area contributed by atoms with Gasteiger partial charge < -0.3 is 4.74 Å². The summed E-state index contributed by atoms with van der Waals surface area (Å²) in [7, 11) is -3.07. The molecule has 0 aromatic heterocycles. The predicted molar refractivity (Wildman–Crippen MR) is 95.6 cm³/mol. The highest BCUT2D eigenvalue weighted by molar-refractivity contribution is 7.92. The van der Waals surface area contributed by atoms with Crippen LogP contribution in [0.2, 0.25) is 0 Å². The fraction of sp³-hybridized carbons (Fsp3) is 0.235. The Labute approximate surface area is 151 Å². The number of benzene rings is 2. The van der Waals surface area contributed by atoms with Gasteiger partial charge in [-0.15, -0.1) is 0 Å². The molecule has 0 saturated heterocycles. The zero-order valence-electron chi connectivity index (χ0n) is 14.5. The molecule has 0 atom stereocenters. The van der Waals surface area contributed by atoms with Gasteiger partial charge in [0.05, 0.1) is 22.6 Å². The van der Waals surface area contributed by atoms with Crippen molar-refractivity contribution in [2.75, 3.05) is 18.0 Å². The largest absolute Gasteiger partial charge is 0.468 e. The number of nitrogens with zero attached hydrogens (tertiary/aromatic N) is 2. The van der Waals surface area contributed by atoms with E-state index in [1.165, 1.54) is 19.1 Å². The van der Waals surface area contributed by atoms with Gasteiger partial charge in [-0.05, 0) is 32.0 Å². The van der Waals surface area contributed by atoms with Crippen LogP contribution in [0.3, 0.4) is 0 Å². The highest BCUT2D eigenvalue weighted by Crippen LogP contribution is 2.28. The minimum Gasteiger partial charge on any atom is -0.468 e. The smallest absolute Gasteiger partial charge is 0.326 e. The number of rotatable bonds is 6. The van der Waals surface area contributed by atoms with Crippen molar-refractivity contribution in [2.24, 2.45) is 0 Å². The number of hydrogen-bond donors (Lipinski definition) is 0. The van der Waals surface area contributed by atoms with E-state index in [1.54, 1.807) is 24.3 Å². The molecule has 0 amide bonds. The average molecular weight is 378 g/mol. The van der Waals surface area contributed by atoms with Gasteiger partial charge in [0.25, 0.3) is 15.7 Å². The normalized spacial score (nSPS) is 11.0. The Bertz CT molecular complexity index is 938. The van der Waals surface area contributed by atoms with E-state index in [-0.39, 0.29) is 16.3 Å². The monoisotopic (exact) mass is 378 g/mol. The second-order valence-corrected chi connectivity index (χ2v) is 7.49. The van der Waals surface area contributed by atoms with E-state index < -0.39 is 27.5 Å². The molecule has 0 heterocycles. The van der Waals surface area contributed by atoms with Gasteiger partial charge in [-0.3, -0.25) is 19.2 Å². The van der Waals surface area contributed by atoms with Crippen molar-refractivity contribution < 1.29 is 22.9 Å². The number of methoxy groups -OCH3 is 1. The van der Waals surface area contributed by atoms with Crippen LogP contribution < -0.4 is 4.31 Å². The average Bonchev–Trinajstić information content (AvgIpc) is 2.60. The Morgan fingerprint density at radius 2 is 1.77 bits per heavy atom. The van der Waals surface area contributed by atoms with Crippen LogP contribution in [0.25, 0.3) is 0 Å². The molecule has 138 valence electrons. The number of esters is 1. The first kappa shape index (κ1) is 19.4. The molecule has 0 unspecified atom stereocenters. The number of hydrogen-bond acceptors (Lipinski definition) is 6. The third-order valence-corrected chi connectivity index (χ3v) is 5.56. The van der Waals surface area contributed by atoms with Gasteiger partial charge in [0.15, 0.2) is 0 Å². The molecule has 0 radical (unpaired) electrons. The number of nitro groups is 1. The van der Waals surface area contributed by atoms with Crippen LogP contribution in [0.1, 0.15) is 11.1 Å². The summed E-state index contributed by atoms with van der Waals surface area (Å²) < 4.78 is 31.6. The van der Waals surface area contributed by atoms with E-state index in [0.29, 0.717) is 5.56 Å². The Morgan fingerprint density at radius 3 is 2.31 bits per heavy atom. The molecular weight excluding hydrogens is 360 g/mol. The predicted octanol–water partition coefficient (Wildman–Crippen LogP) is 2.58. The van der Waals surface area contributed by atoms with Crippen LogP contribution in [-0.2, 0) is 19.6 Å². The highest BCUT2D eigenvalue weighted by atomic mass is 32.2. The molecule has 0 spiro atoms. The molecule has 0 bridgehead atoms. The summed E-state index contributed by atoms with van der Waals surface area (Å²) in [6.07, 6.45) is 0. The summed E-state index contributed by atoms with van der Waals surface area (Å²) in [4.78, 5) is 21.9. The summed E-state index contributed by atoms with van der Waals surface area (Å²) in [5.41, 5.74) is 1.19. The number of ether oxygens (including phenoxy) is 1. The van der Waals surface area contributed by atoms with Crippen molar-refractivity contribution in [3.05, 3.63) is 63.7 Å². The molecule has 0 aliphatic rings. The lowest BCUT2D eigenvalue weighted by Crippen LogP contribution is -2.36. The summed E-state index contributed by atoms with van der Waals surface area (Å²) >= 11 is 0. The Balaban J connectivity index is 2.58. The maximum absolute atomic E-state index is 13.1. The first-order valence-corrected chi connectivity index (χ1v) is 9.02. The molecule has 0 saturated carbocycles. The third kappa shape index (κ3) is 3.99. The Morgan fingerprint density at radius 1 is 1.15 bits per heavy atom. The fourth-order valence-electron chi connectivity index (χ4n) is 2.28. The quantitative estimate of drug-likeness (QED) is 0.434. The zero-order valence-corrected chi connectivity index (χ0v) is 15.3. The molecule has 2 rings (SSSR count). The minimum absolute atomic E-state index is 0.254. The van der Waals surface area contributed by atoms with E-state index in [2.05, 4.69) is 4.74 Å². The maximum Gasteiger partial charge on any atom is 0.326 e. The van der Waals surface area contributed by atoms with Gasteiger partial charge in [-0.1, -0.05) is 23.8 Å². The summed E-state index contributed by atoms with van der Waals surface area (Å²) in [5, 5.41) is 11.1. The number of sulfonamides is 1. The van der Waals surface area contributed by atoms with Crippen molar-refractivity contribution in [3.8, 4) is 0 Å². The summed E-state index contributed by atoms with van der Waals surface area (Å²) in [5.74, 6) is -0.754.